The topological polar surface area (TPSA) is 38.5 Å². The van der Waals surface area contributed by atoms with Crippen molar-refractivity contribution in [1.29, 1.82) is 0 Å². The SMILES string of the molecule is NC1(C2CC2)CN(CCCCC2CCOCC2)C1. The lowest BCUT2D eigenvalue weighted by atomic mass is 9.85. The molecule has 1 saturated carbocycles. The Kier molecular flexibility index (Phi) is 3.92. The van der Waals surface area contributed by atoms with E-state index in [1.807, 2.05) is 0 Å². The van der Waals surface area contributed by atoms with Crippen molar-refractivity contribution in [1.82, 2.24) is 4.90 Å². The minimum atomic E-state index is 0.209. The number of ether oxygens (including phenoxy) is 1. The van der Waals surface area contributed by atoms with E-state index < -0.39 is 0 Å². The van der Waals surface area contributed by atoms with Gasteiger partial charge in [-0.1, -0.05) is 12.8 Å². The summed E-state index contributed by atoms with van der Waals surface area (Å²) >= 11 is 0. The second kappa shape index (κ2) is 5.48. The monoisotopic (exact) mass is 252 g/mol. The third-order valence-corrected chi connectivity index (χ3v) is 5.10. The van der Waals surface area contributed by atoms with Crippen molar-refractivity contribution in [3.05, 3.63) is 0 Å². The normalized spacial score (nSPS) is 29.2. The fourth-order valence-corrected chi connectivity index (χ4v) is 3.66. The van der Waals surface area contributed by atoms with E-state index in [1.165, 1.54) is 51.5 Å². The van der Waals surface area contributed by atoms with Gasteiger partial charge in [-0.25, -0.2) is 0 Å². The van der Waals surface area contributed by atoms with Crippen molar-refractivity contribution in [3.8, 4) is 0 Å². The number of nitrogens with zero attached hydrogens (tertiary/aromatic N) is 1. The van der Waals surface area contributed by atoms with Crippen LogP contribution in [0.4, 0.5) is 0 Å². The number of rotatable bonds is 6. The quantitative estimate of drug-likeness (QED) is 0.735. The van der Waals surface area contributed by atoms with Crippen LogP contribution in [0.5, 0.6) is 0 Å². The van der Waals surface area contributed by atoms with Crippen molar-refractivity contribution in [2.45, 2.75) is 50.5 Å². The minimum absolute atomic E-state index is 0.209. The van der Waals surface area contributed by atoms with Crippen molar-refractivity contribution in [3.63, 3.8) is 0 Å². The Morgan fingerprint density at radius 1 is 1.06 bits per heavy atom. The maximum absolute atomic E-state index is 6.36. The molecule has 2 saturated heterocycles. The molecule has 3 nitrogen and oxygen atoms in total. The molecule has 0 aromatic carbocycles. The Balaban J connectivity index is 1.23. The molecule has 0 aromatic rings. The fourth-order valence-electron chi connectivity index (χ4n) is 3.66. The first-order chi connectivity index (χ1) is 8.76. The highest BCUT2D eigenvalue weighted by atomic mass is 16.5. The molecule has 18 heavy (non-hydrogen) atoms. The fraction of sp³-hybridized carbons (Fsp3) is 1.00. The van der Waals surface area contributed by atoms with Crippen LogP contribution in [0.15, 0.2) is 0 Å². The smallest absolute Gasteiger partial charge is 0.0468 e. The van der Waals surface area contributed by atoms with Crippen LogP contribution in [0, 0.1) is 11.8 Å². The maximum atomic E-state index is 6.36. The molecule has 0 bridgehead atoms. The van der Waals surface area contributed by atoms with Crippen LogP contribution in [0.25, 0.3) is 0 Å². The van der Waals surface area contributed by atoms with Crippen LogP contribution in [0.1, 0.15) is 44.9 Å². The van der Waals surface area contributed by atoms with Crippen molar-refractivity contribution >= 4 is 0 Å². The second-order valence-corrected chi connectivity index (χ2v) is 6.77. The van der Waals surface area contributed by atoms with Gasteiger partial charge >= 0.3 is 0 Å². The summed E-state index contributed by atoms with van der Waals surface area (Å²) in [5.74, 6) is 1.80. The minimum Gasteiger partial charge on any atom is -0.381 e. The summed E-state index contributed by atoms with van der Waals surface area (Å²) in [6.07, 6.45) is 9.50. The summed E-state index contributed by atoms with van der Waals surface area (Å²) in [7, 11) is 0. The summed E-state index contributed by atoms with van der Waals surface area (Å²) in [6.45, 7) is 5.58. The number of hydrogen-bond donors (Lipinski definition) is 1. The average Bonchev–Trinajstić information content (AvgIpc) is 3.17. The molecule has 2 aliphatic heterocycles. The molecular formula is C15H28N2O. The van der Waals surface area contributed by atoms with Crippen LogP contribution in [0.2, 0.25) is 0 Å². The van der Waals surface area contributed by atoms with Gasteiger partial charge in [-0.15, -0.1) is 0 Å². The average molecular weight is 252 g/mol. The van der Waals surface area contributed by atoms with Gasteiger partial charge in [-0.2, -0.15) is 0 Å². The first-order valence-corrected chi connectivity index (χ1v) is 7.85. The molecule has 2 N–H and O–H groups in total. The molecule has 0 aromatic heterocycles. The third-order valence-electron chi connectivity index (χ3n) is 5.10. The van der Waals surface area contributed by atoms with Crippen LogP contribution < -0.4 is 5.73 Å². The second-order valence-electron chi connectivity index (χ2n) is 6.77. The number of unbranched alkanes of at least 4 members (excludes halogenated alkanes) is 1. The molecule has 3 heteroatoms. The lowest BCUT2D eigenvalue weighted by molar-refractivity contribution is 0.0493. The Labute approximate surface area is 111 Å². The summed E-state index contributed by atoms with van der Waals surface area (Å²) in [5.41, 5.74) is 6.57. The van der Waals surface area contributed by atoms with Gasteiger partial charge in [0.2, 0.25) is 0 Å². The zero-order valence-electron chi connectivity index (χ0n) is 11.6. The van der Waals surface area contributed by atoms with Crippen molar-refractivity contribution in [2.24, 2.45) is 17.6 Å². The summed E-state index contributed by atoms with van der Waals surface area (Å²) in [5, 5.41) is 0. The lowest BCUT2D eigenvalue weighted by Crippen LogP contribution is -2.68. The molecule has 0 atom stereocenters. The first-order valence-electron chi connectivity index (χ1n) is 7.85. The Bertz CT molecular complexity index is 266. The van der Waals surface area contributed by atoms with Crippen LogP contribution in [0.3, 0.4) is 0 Å². The van der Waals surface area contributed by atoms with Gasteiger partial charge in [-0.05, 0) is 50.5 Å². The van der Waals surface area contributed by atoms with E-state index in [1.54, 1.807) is 0 Å². The molecule has 2 heterocycles. The number of nitrogens with two attached hydrogens (primary N) is 1. The van der Waals surface area contributed by atoms with Crippen LogP contribution in [-0.2, 0) is 4.74 Å². The predicted octanol–water partition coefficient (Wildman–Crippen LogP) is 2.01. The molecule has 0 unspecified atom stereocenters. The Hall–Kier alpha value is -0.120. The Morgan fingerprint density at radius 3 is 2.44 bits per heavy atom. The maximum Gasteiger partial charge on any atom is 0.0468 e. The number of hydrogen-bond acceptors (Lipinski definition) is 3. The van der Waals surface area contributed by atoms with Crippen LogP contribution >= 0.6 is 0 Å². The van der Waals surface area contributed by atoms with E-state index in [0.717, 1.165) is 38.1 Å². The van der Waals surface area contributed by atoms with E-state index in [-0.39, 0.29) is 5.54 Å². The first kappa shape index (κ1) is 12.9. The van der Waals surface area contributed by atoms with Crippen molar-refractivity contribution in [2.75, 3.05) is 32.8 Å². The molecule has 3 fully saturated rings. The van der Waals surface area contributed by atoms with Gasteiger partial charge in [-0.3, -0.25) is 4.90 Å². The summed E-state index contributed by atoms with van der Waals surface area (Å²) in [6, 6.07) is 0. The molecule has 0 spiro atoms. The van der Waals surface area contributed by atoms with E-state index in [9.17, 15) is 0 Å². The summed E-state index contributed by atoms with van der Waals surface area (Å²) in [4.78, 5) is 2.56. The van der Waals surface area contributed by atoms with E-state index in [0.29, 0.717) is 0 Å². The molecule has 1 aliphatic carbocycles. The highest BCUT2D eigenvalue weighted by Crippen LogP contribution is 2.42. The van der Waals surface area contributed by atoms with Crippen molar-refractivity contribution < 1.29 is 4.74 Å². The van der Waals surface area contributed by atoms with E-state index >= 15 is 0 Å². The molecule has 3 rings (SSSR count). The van der Waals surface area contributed by atoms with E-state index in [2.05, 4.69) is 4.90 Å². The highest BCUT2D eigenvalue weighted by molar-refractivity contribution is 5.08. The Morgan fingerprint density at radius 2 is 1.78 bits per heavy atom. The lowest BCUT2D eigenvalue weighted by Gasteiger charge is -2.48. The standard InChI is InChI=1S/C15H28N2O/c16-15(14-4-5-14)11-17(12-15)8-2-1-3-13-6-9-18-10-7-13/h13-14H,1-12,16H2. The van der Waals surface area contributed by atoms with Gasteiger partial charge in [0, 0.05) is 31.8 Å². The molecular weight excluding hydrogens is 224 g/mol. The highest BCUT2D eigenvalue weighted by Gasteiger charge is 2.49. The number of likely N-dealkylation sites (tertiary alicyclic amines) is 1. The molecule has 104 valence electrons. The predicted molar refractivity (Wildman–Crippen MR) is 73.5 cm³/mol. The zero-order valence-corrected chi connectivity index (χ0v) is 11.6. The molecule has 0 amide bonds. The van der Waals surface area contributed by atoms with Gasteiger partial charge in [0.25, 0.3) is 0 Å². The summed E-state index contributed by atoms with van der Waals surface area (Å²) < 4.78 is 5.40. The van der Waals surface area contributed by atoms with Crippen LogP contribution in [-0.4, -0.2) is 43.3 Å². The third kappa shape index (κ3) is 3.06. The zero-order chi connectivity index (χ0) is 12.4. The largest absolute Gasteiger partial charge is 0.381 e. The van der Waals surface area contributed by atoms with Gasteiger partial charge < -0.3 is 10.5 Å². The van der Waals surface area contributed by atoms with Gasteiger partial charge in [0.05, 0.1) is 0 Å². The van der Waals surface area contributed by atoms with Gasteiger partial charge in [0.1, 0.15) is 0 Å². The molecule has 0 radical (unpaired) electrons. The van der Waals surface area contributed by atoms with E-state index in [4.69, 9.17) is 10.5 Å². The van der Waals surface area contributed by atoms with Gasteiger partial charge in [0.15, 0.2) is 0 Å². The molecule has 3 aliphatic rings.